The summed E-state index contributed by atoms with van der Waals surface area (Å²) in [5.74, 6) is -0.272. The zero-order chi connectivity index (χ0) is 12.0. The minimum atomic E-state index is -0.272. The lowest BCUT2D eigenvalue weighted by Gasteiger charge is -2.07. The van der Waals surface area contributed by atoms with Crippen molar-refractivity contribution < 1.29 is 14.4 Å². The van der Waals surface area contributed by atoms with Gasteiger partial charge in [-0.05, 0) is 35.0 Å². The molecule has 5 heteroatoms. The van der Waals surface area contributed by atoms with Gasteiger partial charge in [-0.1, -0.05) is 11.6 Å². The summed E-state index contributed by atoms with van der Waals surface area (Å²) in [6, 6.07) is 5.55. The first kappa shape index (κ1) is 13.2. The van der Waals surface area contributed by atoms with Crippen LogP contribution in [0.25, 0.3) is 0 Å². The fourth-order valence-electron chi connectivity index (χ4n) is 1.11. The van der Waals surface area contributed by atoms with E-state index in [0.29, 0.717) is 18.8 Å². The Hall–Kier alpha value is -0.910. The summed E-state index contributed by atoms with van der Waals surface area (Å²) in [7, 11) is 1.57. The second kappa shape index (κ2) is 6.62. The number of halogens is 1. The van der Waals surface area contributed by atoms with Crippen molar-refractivity contribution in [1.82, 2.24) is 5.48 Å². The number of hydrogen-bond donors (Lipinski definition) is 1. The van der Waals surface area contributed by atoms with Crippen molar-refractivity contribution in [1.29, 1.82) is 0 Å². The molecule has 16 heavy (non-hydrogen) atoms. The van der Waals surface area contributed by atoms with E-state index < -0.39 is 0 Å². The first-order valence-corrected chi connectivity index (χ1v) is 5.61. The lowest BCUT2D eigenvalue weighted by molar-refractivity contribution is 0.00883. The molecule has 1 rings (SSSR count). The number of amides is 1. The monoisotopic (exact) mass is 287 g/mol. The number of carbonyl (C=O) groups is 1. The molecular weight excluding hydrogens is 274 g/mol. The first-order valence-electron chi connectivity index (χ1n) is 4.82. The summed E-state index contributed by atoms with van der Waals surface area (Å²) < 4.78 is 5.53. The van der Waals surface area contributed by atoms with Gasteiger partial charge in [-0.3, -0.25) is 9.63 Å². The Morgan fingerprint density at radius 3 is 2.88 bits per heavy atom. The van der Waals surface area contributed by atoms with Crippen LogP contribution in [0, 0.1) is 6.92 Å². The number of methoxy groups -OCH3 is 1. The van der Waals surface area contributed by atoms with Crippen molar-refractivity contribution in [3.8, 4) is 0 Å². The highest BCUT2D eigenvalue weighted by atomic mass is 79.9. The summed E-state index contributed by atoms with van der Waals surface area (Å²) in [6.07, 6.45) is 0. The zero-order valence-corrected chi connectivity index (χ0v) is 10.8. The van der Waals surface area contributed by atoms with Crippen LogP contribution in [-0.4, -0.2) is 26.2 Å². The molecular formula is C11H14BrNO3. The van der Waals surface area contributed by atoms with E-state index in [1.165, 1.54) is 0 Å². The van der Waals surface area contributed by atoms with Crippen LogP contribution in [0.5, 0.6) is 0 Å². The molecule has 0 bridgehead atoms. The van der Waals surface area contributed by atoms with Crippen LogP contribution in [-0.2, 0) is 9.57 Å². The predicted octanol–water partition coefficient (Wildman–Crippen LogP) is 2.07. The minimum Gasteiger partial charge on any atom is -0.382 e. The third-order valence-corrected chi connectivity index (χ3v) is 2.61. The molecule has 0 fully saturated rings. The van der Waals surface area contributed by atoms with Crippen LogP contribution in [0.1, 0.15) is 15.9 Å². The van der Waals surface area contributed by atoms with E-state index >= 15 is 0 Å². The van der Waals surface area contributed by atoms with Crippen LogP contribution in [0.4, 0.5) is 0 Å². The van der Waals surface area contributed by atoms with Gasteiger partial charge in [-0.15, -0.1) is 0 Å². The molecule has 0 unspecified atom stereocenters. The average Bonchev–Trinajstić information content (AvgIpc) is 2.27. The maximum absolute atomic E-state index is 11.7. The van der Waals surface area contributed by atoms with Crippen molar-refractivity contribution in [3.63, 3.8) is 0 Å². The van der Waals surface area contributed by atoms with Crippen LogP contribution < -0.4 is 5.48 Å². The Morgan fingerprint density at radius 1 is 1.44 bits per heavy atom. The lowest BCUT2D eigenvalue weighted by atomic mass is 10.1. The van der Waals surface area contributed by atoms with Gasteiger partial charge in [-0.2, -0.15) is 0 Å². The largest absolute Gasteiger partial charge is 0.382 e. The molecule has 0 spiro atoms. The highest BCUT2D eigenvalue weighted by molar-refractivity contribution is 9.10. The Labute approximate surface area is 103 Å². The third kappa shape index (κ3) is 3.92. The fourth-order valence-corrected chi connectivity index (χ4v) is 1.54. The normalized spacial score (nSPS) is 10.2. The van der Waals surface area contributed by atoms with Gasteiger partial charge in [0.2, 0.25) is 0 Å². The van der Waals surface area contributed by atoms with Gasteiger partial charge >= 0.3 is 0 Å². The van der Waals surface area contributed by atoms with Crippen molar-refractivity contribution in [2.45, 2.75) is 6.92 Å². The molecule has 0 aliphatic carbocycles. The summed E-state index contributed by atoms with van der Waals surface area (Å²) in [5.41, 5.74) is 3.92. The van der Waals surface area contributed by atoms with Gasteiger partial charge in [0.15, 0.2) is 0 Å². The SMILES string of the molecule is COCCONC(=O)c1cc(C)ccc1Br. The number of hydrogen-bond acceptors (Lipinski definition) is 3. The molecule has 0 atom stereocenters. The van der Waals surface area contributed by atoms with Crippen LogP contribution in [0.3, 0.4) is 0 Å². The smallest absolute Gasteiger partial charge is 0.275 e. The molecule has 0 saturated heterocycles. The minimum absolute atomic E-state index is 0.272. The maximum atomic E-state index is 11.7. The molecule has 1 aromatic rings. The second-order valence-corrected chi connectivity index (χ2v) is 4.11. The summed E-state index contributed by atoms with van der Waals surface area (Å²) in [6.45, 7) is 2.69. The molecule has 0 radical (unpaired) electrons. The number of carbonyl (C=O) groups excluding carboxylic acids is 1. The van der Waals surface area contributed by atoms with Gasteiger partial charge in [0.1, 0.15) is 0 Å². The Morgan fingerprint density at radius 2 is 2.19 bits per heavy atom. The molecule has 1 N–H and O–H groups in total. The lowest BCUT2D eigenvalue weighted by Crippen LogP contribution is -2.25. The molecule has 0 aliphatic rings. The summed E-state index contributed by atoms with van der Waals surface area (Å²) in [4.78, 5) is 16.6. The number of hydroxylamine groups is 1. The van der Waals surface area contributed by atoms with Crippen molar-refractivity contribution >= 4 is 21.8 Å². The van der Waals surface area contributed by atoms with Crippen molar-refractivity contribution in [2.24, 2.45) is 0 Å². The van der Waals surface area contributed by atoms with Crippen LogP contribution in [0.15, 0.2) is 22.7 Å². The van der Waals surface area contributed by atoms with Crippen molar-refractivity contribution in [3.05, 3.63) is 33.8 Å². The molecule has 0 aromatic heterocycles. The van der Waals surface area contributed by atoms with Crippen LogP contribution in [0.2, 0.25) is 0 Å². The quantitative estimate of drug-likeness (QED) is 0.666. The van der Waals surface area contributed by atoms with Gasteiger partial charge in [0.05, 0.1) is 18.8 Å². The number of aryl methyl sites for hydroxylation is 1. The average molecular weight is 288 g/mol. The standard InChI is InChI=1S/C11H14BrNO3/c1-8-3-4-10(12)9(7-8)11(14)13-16-6-5-15-2/h3-4,7H,5-6H2,1-2H3,(H,13,14). The van der Waals surface area contributed by atoms with E-state index in [9.17, 15) is 4.79 Å². The van der Waals surface area contributed by atoms with Gasteiger partial charge in [-0.25, -0.2) is 5.48 Å². The third-order valence-electron chi connectivity index (χ3n) is 1.92. The molecule has 1 aromatic carbocycles. The fraction of sp³-hybridized carbons (Fsp3) is 0.364. The van der Waals surface area contributed by atoms with Crippen molar-refractivity contribution in [2.75, 3.05) is 20.3 Å². The van der Waals surface area contributed by atoms with E-state index in [1.807, 2.05) is 19.1 Å². The molecule has 1 amide bonds. The van der Waals surface area contributed by atoms with E-state index in [4.69, 9.17) is 9.57 Å². The molecule has 0 heterocycles. The van der Waals surface area contributed by atoms with Crippen LogP contribution >= 0.6 is 15.9 Å². The van der Waals surface area contributed by atoms with E-state index in [1.54, 1.807) is 13.2 Å². The highest BCUT2D eigenvalue weighted by Gasteiger charge is 2.09. The molecule has 0 saturated carbocycles. The molecule has 88 valence electrons. The number of ether oxygens (including phenoxy) is 1. The number of rotatable bonds is 5. The molecule has 0 aliphatic heterocycles. The Kier molecular flexibility index (Phi) is 5.45. The zero-order valence-electron chi connectivity index (χ0n) is 9.25. The van der Waals surface area contributed by atoms with Gasteiger partial charge < -0.3 is 4.74 Å². The first-order chi connectivity index (χ1) is 7.65. The maximum Gasteiger partial charge on any atom is 0.275 e. The van der Waals surface area contributed by atoms with Gasteiger partial charge in [0, 0.05) is 11.6 Å². The number of benzene rings is 1. The molecule has 4 nitrogen and oxygen atoms in total. The van der Waals surface area contributed by atoms with E-state index in [2.05, 4.69) is 21.4 Å². The Bertz CT molecular complexity index is 368. The number of nitrogens with one attached hydrogen (secondary N) is 1. The van der Waals surface area contributed by atoms with E-state index in [-0.39, 0.29) is 5.91 Å². The predicted molar refractivity (Wildman–Crippen MR) is 64.2 cm³/mol. The highest BCUT2D eigenvalue weighted by Crippen LogP contribution is 2.17. The topological polar surface area (TPSA) is 47.6 Å². The summed E-state index contributed by atoms with van der Waals surface area (Å²) >= 11 is 3.31. The summed E-state index contributed by atoms with van der Waals surface area (Å²) in [5, 5.41) is 0. The second-order valence-electron chi connectivity index (χ2n) is 3.26. The van der Waals surface area contributed by atoms with E-state index in [0.717, 1.165) is 10.0 Å². The Balaban J connectivity index is 2.55. The van der Waals surface area contributed by atoms with Gasteiger partial charge in [0.25, 0.3) is 5.91 Å².